The van der Waals surface area contributed by atoms with Crippen molar-refractivity contribution < 1.29 is 14.6 Å². The Morgan fingerprint density at radius 1 is 1.47 bits per heavy atom. The van der Waals surface area contributed by atoms with Crippen molar-refractivity contribution in [3.05, 3.63) is 24.0 Å². The minimum absolute atomic E-state index is 0.453. The Morgan fingerprint density at radius 3 is 2.53 bits per heavy atom. The second kappa shape index (κ2) is 4.57. The van der Waals surface area contributed by atoms with Crippen LogP contribution in [-0.4, -0.2) is 30.6 Å². The molecule has 84 valence electrons. The van der Waals surface area contributed by atoms with E-state index in [2.05, 4.69) is 4.98 Å². The van der Waals surface area contributed by atoms with E-state index in [-0.39, 0.29) is 0 Å². The maximum Gasteiger partial charge on any atom is 0.189 e. The van der Waals surface area contributed by atoms with Crippen molar-refractivity contribution in [3.63, 3.8) is 0 Å². The van der Waals surface area contributed by atoms with E-state index >= 15 is 0 Å². The third kappa shape index (κ3) is 2.26. The summed E-state index contributed by atoms with van der Waals surface area (Å²) in [6.07, 6.45) is 2.27. The summed E-state index contributed by atoms with van der Waals surface area (Å²) in [7, 11) is 2.91. The number of nitrogen functional groups attached to an aromatic ring is 1. The van der Waals surface area contributed by atoms with Gasteiger partial charge >= 0.3 is 0 Å². The molecule has 0 saturated carbocycles. The third-order valence-corrected chi connectivity index (χ3v) is 2.29. The number of methoxy groups -OCH3 is 2. The molecule has 1 rings (SSSR count). The molecule has 0 bridgehead atoms. The highest BCUT2D eigenvalue weighted by Crippen LogP contribution is 2.30. The molecule has 0 saturated heterocycles. The van der Waals surface area contributed by atoms with Crippen LogP contribution in [0.1, 0.15) is 12.5 Å². The fraction of sp³-hybridized carbons (Fsp3) is 0.500. The Morgan fingerprint density at radius 2 is 2.07 bits per heavy atom. The molecule has 5 nitrogen and oxygen atoms in total. The fourth-order valence-electron chi connectivity index (χ4n) is 1.51. The van der Waals surface area contributed by atoms with E-state index in [1.165, 1.54) is 20.4 Å². The summed E-state index contributed by atoms with van der Waals surface area (Å²) >= 11 is 0. The molecule has 1 aromatic rings. The van der Waals surface area contributed by atoms with Crippen molar-refractivity contribution >= 4 is 5.69 Å². The molecule has 1 unspecified atom stereocenters. The lowest BCUT2D eigenvalue weighted by Crippen LogP contribution is -2.39. The number of anilines is 1. The molecule has 0 fully saturated rings. The topological polar surface area (TPSA) is 77.6 Å². The van der Waals surface area contributed by atoms with Crippen LogP contribution in [-0.2, 0) is 15.1 Å². The standard InChI is InChI=1S/C10H16N2O3/c1-10(13,9(14-2)15-3)7-6-12-5-4-8(7)11/h4-6,9,13H,1-3H3,(H2,11,12). The van der Waals surface area contributed by atoms with E-state index in [1.54, 1.807) is 19.2 Å². The van der Waals surface area contributed by atoms with Gasteiger partial charge in [0.05, 0.1) is 0 Å². The number of rotatable bonds is 4. The summed E-state index contributed by atoms with van der Waals surface area (Å²) < 4.78 is 10.0. The number of aliphatic hydroxyl groups is 1. The number of nitrogens with zero attached hydrogens (tertiary/aromatic N) is 1. The van der Waals surface area contributed by atoms with Gasteiger partial charge in [-0.25, -0.2) is 0 Å². The lowest BCUT2D eigenvalue weighted by Gasteiger charge is -2.31. The van der Waals surface area contributed by atoms with Crippen LogP contribution in [0.4, 0.5) is 5.69 Å². The van der Waals surface area contributed by atoms with E-state index in [0.29, 0.717) is 11.3 Å². The maximum absolute atomic E-state index is 10.3. The van der Waals surface area contributed by atoms with Crippen molar-refractivity contribution in [2.45, 2.75) is 18.8 Å². The molecule has 0 aromatic carbocycles. The largest absolute Gasteiger partial charge is 0.398 e. The zero-order valence-corrected chi connectivity index (χ0v) is 9.10. The number of aromatic nitrogens is 1. The smallest absolute Gasteiger partial charge is 0.189 e. The van der Waals surface area contributed by atoms with Crippen molar-refractivity contribution in [3.8, 4) is 0 Å². The predicted octanol–water partition coefficient (Wildman–Crippen LogP) is 0.490. The lowest BCUT2D eigenvalue weighted by atomic mass is 9.95. The van der Waals surface area contributed by atoms with Gasteiger partial charge in [0.2, 0.25) is 0 Å². The molecular formula is C10H16N2O3. The number of pyridine rings is 1. The number of nitrogens with two attached hydrogens (primary N) is 1. The van der Waals surface area contributed by atoms with Gasteiger partial charge < -0.3 is 20.3 Å². The van der Waals surface area contributed by atoms with Crippen molar-refractivity contribution in [1.82, 2.24) is 4.98 Å². The van der Waals surface area contributed by atoms with Gasteiger partial charge in [-0.2, -0.15) is 0 Å². The van der Waals surface area contributed by atoms with Crippen LogP contribution in [0, 0.1) is 0 Å². The SMILES string of the molecule is COC(OC)C(C)(O)c1cnccc1N. The Kier molecular flexibility index (Phi) is 3.62. The Labute approximate surface area is 88.8 Å². The summed E-state index contributed by atoms with van der Waals surface area (Å²) in [6.45, 7) is 1.57. The second-order valence-electron chi connectivity index (χ2n) is 3.41. The van der Waals surface area contributed by atoms with Crippen LogP contribution in [0.3, 0.4) is 0 Å². The second-order valence-corrected chi connectivity index (χ2v) is 3.41. The molecule has 3 N–H and O–H groups in total. The first-order valence-corrected chi connectivity index (χ1v) is 4.52. The monoisotopic (exact) mass is 212 g/mol. The summed E-state index contributed by atoms with van der Waals surface area (Å²) in [4.78, 5) is 3.91. The first-order chi connectivity index (χ1) is 7.04. The minimum atomic E-state index is -1.33. The lowest BCUT2D eigenvalue weighted by molar-refractivity contribution is -0.212. The van der Waals surface area contributed by atoms with Crippen LogP contribution < -0.4 is 5.73 Å². The molecule has 5 heteroatoms. The fourth-order valence-corrected chi connectivity index (χ4v) is 1.51. The average molecular weight is 212 g/mol. The van der Waals surface area contributed by atoms with Crippen molar-refractivity contribution in [2.75, 3.05) is 20.0 Å². The van der Waals surface area contributed by atoms with E-state index in [0.717, 1.165) is 0 Å². The minimum Gasteiger partial charge on any atom is -0.398 e. The molecule has 0 radical (unpaired) electrons. The van der Waals surface area contributed by atoms with E-state index in [9.17, 15) is 5.11 Å². The zero-order chi connectivity index (χ0) is 11.5. The molecule has 0 aliphatic carbocycles. The quantitative estimate of drug-likeness (QED) is 0.710. The van der Waals surface area contributed by atoms with E-state index in [4.69, 9.17) is 15.2 Å². The zero-order valence-electron chi connectivity index (χ0n) is 9.10. The molecule has 0 amide bonds. The highest BCUT2D eigenvalue weighted by atomic mass is 16.7. The van der Waals surface area contributed by atoms with Crippen LogP contribution in [0.5, 0.6) is 0 Å². The highest BCUT2D eigenvalue weighted by Gasteiger charge is 2.36. The van der Waals surface area contributed by atoms with Gasteiger partial charge in [0.15, 0.2) is 6.29 Å². The van der Waals surface area contributed by atoms with Gasteiger partial charge in [-0.3, -0.25) is 4.98 Å². The number of hydrogen-bond acceptors (Lipinski definition) is 5. The highest BCUT2D eigenvalue weighted by molar-refractivity contribution is 5.47. The van der Waals surface area contributed by atoms with E-state index in [1.807, 2.05) is 0 Å². The van der Waals surface area contributed by atoms with Gasteiger partial charge in [-0.15, -0.1) is 0 Å². The van der Waals surface area contributed by atoms with Gasteiger partial charge in [0.25, 0.3) is 0 Å². The molecule has 15 heavy (non-hydrogen) atoms. The van der Waals surface area contributed by atoms with Crippen molar-refractivity contribution in [2.24, 2.45) is 0 Å². The Balaban J connectivity index is 3.09. The first-order valence-electron chi connectivity index (χ1n) is 4.52. The maximum atomic E-state index is 10.3. The summed E-state index contributed by atoms with van der Waals surface area (Å²) in [5.41, 5.74) is 5.35. The summed E-state index contributed by atoms with van der Waals surface area (Å²) in [6, 6.07) is 1.62. The van der Waals surface area contributed by atoms with Crippen LogP contribution in [0.25, 0.3) is 0 Å². The van der Waals surface area contributed by atoms with Gasteiger partial charge in [0, 0.05) is 37.9 Å². The van der Waals surface area contributed by atoms with Gasteiger partial charge in [-0.05, 0) is 13.0 Å². The molecule has 0 spiro atoms. The Bertz CT molecular complexity index is 324. The number of hydrogen-bond donors (Lipinski definition) is 2. The molecule has 1 atom stereocenters. The molecular weight excluding hydrogens is 196 g/mol. The number of ether oxygens (including phenoxy) is 2. The molecule has 0 aliphatic heterocycles. The van der Waals surface area contributed by atoms with Crippen LogP contribution in [0.15, 0.2) is 18.5 Å². The summed E-state index contributed by atoms with van der Waals surface area (Å²) in [5.74, 6) is 0. The molecule has 0 aliphatic rings. The van der Waals surface area contributed by atoms with E-state index < -0.39 is 11.9 Å². The Hall–Kier alpha value is -1.17. The summed E-state index contributed by atoms with van der Waals surface area (Å²) in [5, 5.41) is 10.3. The van der Waals surface area contributed by atoms with Crippen LogP contribution in [0.2, 0.25) is 0 Å². The average Bonchev–Trinajstić information content (AvgIpc) is 2.19. The van der Waals surface area contributed by atoms with Gasteiger partial charge in [0.1, 0.15) is 5.60 Å². The molecule has 1 heterocycles. The molecule has 1 aromatic heterocycles. The first kappa shape index (κ1) is 11.9. The normalized spacial score (nSPS) is 15.3. The predicted molar refractivity (Wildman–Crippen MR) is 56.0 cm³/mol. The third-order valence-electron chi connectivity index (χ3n) is 2.29. The van der Waals surface area contributed by atoms with Gasteiger partial charge in [-0.1, -0.05) is 0 Å². The van der Waals surface area contributed by atoms with Crippen LogP contribution >= 0.6 is 0 Å². The van der Waals surface area contributed by atoms with Crippen molar-refractivity contribution in [1.29, 1.82) is 0 Å².